The summed E-state index contributed by atoms with van der Waals surface area (Å²) in [5, 5.41) is 14.7. The van der Waals surface area contributed by atoms with E-state index in [-0.39, 0.29) is 25.3 Å². The minimum atomic E-state index is -1.70. The fourth-order valence-corrected chi connectivity index (χ4v) is 3.53. The van der Waals surface area contributed by atoms with Crippen LogP contribution in [0.2, 0.25) is 0 Å². The lowest BCUT2D eigenvalue weighted by atomic mass is 9.79. The molecule has 0 spiro atoms. The van der Waals surface area contributed by atoms with Gasteiger partial charge in [-0.3, -0.25) is 14.9 Å². The van der Waals surface area contributed by atoms with Gasteiger partial charge in [-0.15, -0.1) is 0 Å². The predicted octanol–water partition coefficient (Wildman–Crippen LogP) is 2.02. The number of ether oxygens (including phenoxy) is 1. The first-order chi connectivity index (χ1) is 10.5. The van der Waals surface area contributed by atoms with E-state index in [1.165, 1.54) is 12.1 Å². The molecule has 1 aromatic carbocycles. The molecule has 2 rings (SSSR count). The van der Waals surface area contributed by atoms with Crippen LogP contribution in [-0.2, 0) is 19.5 Å². The molecule has 0 unspecified atom stereocenters. The maximum atomic E-state index is 13.7. The van der Waals surface area contributed by atoms with Gasteiger partial charge < -0.3 is 10.1 Å². The van der Waals surface area contributed by atoms with Crippen molar-refractivity contribution in [2.24, 2.45) is 5.92 Å². The third-order valence-corrected chi connectivity index (χ3v) is 4.72. The van der Waals surface area contributed by atoms with Crippen LogP contribution in [0.25, 0.3) is 0 Å². The van der Waals surface area contributed by atoms with Crippen LogP contribution in [0.4, 0.5) is 4.39 Å². The number of nitro groups is 1. The van der Waals surface area contributed by atoms with Crippen LogP contribution in [-0.4, -0.2) is 30.6 Å². The molecule has 0 aromatic heterocycles. The van der Waals surface area contributed by atoms with Gasteiger partial charge in [0.2, 0.25) is 0 Å². The SMILES string of the molecule is CCOC(=O)[C@@H]1CNC[C@]1(c1cc(F)ccc1CI)[N+](=O)[O-]. The molecule has 2 atom stereocenters. The van der Waals surface area contributed by atoms with Crippen molar-refractivity contribution in [3.63, 3.8) is 0 Å². The van der Waals surface area contributed by atoms with E-state index in [2.05, 4.69) is 27.9 Å². The Morgan fingerprint density at radius 1 is 1.64 bits per heavy atom. The Balaban J connectivity index is 2.60. The molecule has 22 heavy (non-hydrogen) atoms. The average molecular weight is 422 g/mol. The van der Waals surface area contributed by atoms with Gasteiger partial charge >= 0.3 is 5.97 Å². The summed E-state index contributed by atoms with van der Waals surface area (Å²) in [6.45, 7) is 1.89. The molecular formula is C14H16FIN2O4. The lowest BCUT2D eigenvalue weighted by Crippen LogP contribution is -2.47. The third-order valence-electron chi connectivity index (χ3n) is 3.90. The summed E-state index contributed by atoms with van der Waals surface area (Å²) in [4.78, 5) is 23.5. The number of hydrogen-bond donors (Lipinski definition) is 1. The fraction of sp³-hybridized carbons (Fsp3) is 0.500. The molecule has 1 aromatic rings. The Morgan fingerprint density at radius 2 is 2.36 bits per heavy atom. The summed E-state index contributed by atoms with van der Waals surface area (Å²) >= 11 is 2.07. The molecule has 0 radical (unpaired) electrons. The van der Waals surface area contributed by atoms with Crippen molar-refractivity contribution in [1.82, 2.24) is 5.32 Å². The van der Waals surface area contributed by atoms with Gasteiger partial charge in [-0.2, -0.15) is 0 Å². The number of alkyl halides is 1. The van der Waals surface area contributed by atoms with E-state index in [0.717, 1.165) is 6.07 Å². The molecule has 8 heteroatoms. The van der Waals surface area contributed by atoms with Crippen LogP contribution < -0.4 is 5.32 Å². The monoisotopic (exact) mass is 422 g/mol. The van der Waals surface area contributed by atoms with Crippen molar-refractivity contribution in [2.45, 2.75) is 16.9 Å². The second-order valence-corrected chi connectivity index (χ2v) is 5.81. The molecule has 120 valence electrons. The number of benzene rings is 1. The number of nitrogens with zero attached hydrogens (tertiary/aromatic N) is 1. The first-order valence-corrected chi connectivity index (χ1v) is 8.36. The first-order valence-electron chi connectivity index (χ1n) is 6.84. The van der Waals surface area contributed by atoms with Gasteiger partial charge in [-0.1, -0.05) is 28.7 Å². The van der Waals surface area contributed by atoms with Crippen LogP contribution in [0.15, 0.2) is 18.2 Å². The van der Waals surface area contributed by atoms with E-state index in [9.17, 15) is 19.3 Å². The van der Waals surface area contributed by atoms with E-state index in [1.807, 2.05) is 0 Å². The number of halogens is 2. The predicted molar refractivity (Wildman–Crippen MR) is 85.8 cm³/mol. The smallest absolute Gasteiger partial charge is 0.318 e. The topological polar surface area (TPSA) is 81.5 Å². The Kier molecular flexibility index (Phi) is 5.32. The highest BCUT2D eigenvalue weighted by atomic mass is 127. The molecule has 0 bridgehead atoms. The Labute approximate surface area is 140 Å². The van der Waals surface area contributed by atoms with Crippen molar-refractivity contribution < 1.29 is 18.8 Å². The molecule has 0 aliphatic carbocycles. The van der Waals surface area contributed by atoms with Crippen LogP contribution in [0.1, 0.15) is 18.1 Å². The fourth-order valence-electron chi connectivity index (χ4n) is 2.86. The van der Waals surface area contributed by atoms with Crippen LogP contribution in [0.5, 0.6) is 0 Å². The number of esters is 1. The standard InChI is InChI=1S/C14H16FIN2O4/c1-2-22-13(19)12-7-17-8-14(12,18(20)21)11-5-10(15)4-3-9(11)6-16/h3-5,12,17H,2,6-8H2,1H3/t12-,14+/m0/s1. The highest BCUT2D eigenvalue weighted by Gasteiger charge is 2.60. The van der Waals surface area contributed by atoms with Crippen LogP contribution in [0.3, 0.4) is 0 Å². The second-order valence-electron chi connectivity index (χ2n) is 5.05. The number of carbonyl (C=O) groups is 1. The molecule has 0 saturated carbocycles. The first kappa shape index (κ1) is 17.1. The minimum absolute atomic E-state index is 0.0312. The molecule has 1 N–H and O–H groups in total. The van der Waals surface area contributed by atoms with Crippen molar-refractivity contribution in [3.05, 3.63) is 45.3 Å². The number of rotatable bonds is 5. The Hall–Kier alpha value is -1.29. The molecular weight excluding hydrogens is 406 g/mol. The van der Waals surface area contributed by atoms with Crippen molar-refractivity contribution in [1.29, 1.82) is 0 Å². The lowest BCUT2D eigenvalue weighted by molar-refractivity contribution is -0.580. The summed E-state index contributed by atoms with van der Waals surface area (Å²) in [5.41, 5.74) is -0.804. The number of nitrogens with one attached hydrogen (secondary N) is 1. The van der Waals surface area contributed by atoms with Crippen LogP contribution in [0, 0.1) is 21.8 Å². The highest BCUT2D eigenvalue weighted by molar-refractivity contribution is 14.1. The normalized spacial score (nSPS) is 24.2. The number of hydrogen-bond acceptors (Lipinski definition) is 5. The molecule has 1 aliphatic rings. The lowest BCUT2D eigenvalue weighted by Gasteiger charge is -2.27. The third kappa shape index (κ3) is 2.81. The van der Waals surface area contributed by atoms with E-state index in [4.69, 9.17) is 4.74 Å². The molecule has 6 nitrogen and oxygen atoms in total. The summed E-state index contributed by atoms with van der Waals surface area (Å²) in [5.74, 6) is -2.17. The molecule has 1 saturated heterocycles. The van der Waals surface area contributed by atoms with E-state index in [0.29, 0.717) is 9.99 Å². The van der Waals surface area contributed by atoms with E-state index in [1.54, 1.807) is 6.92 Å². The quantitative estimate of drug-likeness (QED) is 0.258. The van der Waals surface area contributed by atoms with Crippen molar-refractivity contribution in [2.75, 3.05) is 19.7 Å². The molecule has 1 fully saturated rings. The molecule has 1 aliphatic heterocycles. The van der Waals surface area contributed by atoms with E-state index < -0.39 is 28.2 Å². The Morgan fingerprint density at radius 3 is 2.95 bits per heavy atom. The summed E-state index contributed by atoms with van der Waals surface area (Å²) < 4.78 is 19.1. The summed E-state index contributed by atoms with van der Waals surface area (Å²) in [6.07, 6.45) is 0. The van der Waals surface area contributed by atoms with Crippen LogP contribution >= 0.6 is 22.6 Å². The zero-order valence-electron chi connectivity index (χ0n) is 12.0. The number of carbonyl (C=O) groups excluding carboxylic acids is 1. The largest absolute Gasteiger partial charge is 0.466 e. The van der Waals surface area contributed by atoms with Crippen molar-refractivity contribution in [3.8, 4) is 0 Å². The molecule has 1 heterocycles. The van der Waals surface area contributed by atoms with Gasteiger partial charge in [0, 0.05) is 21.5 Å². The Bertz CT molecular complexity index is 598. The van der Waals surface area contributed by atoms with Gasteiger partial charge in [-0.25, -0.2) is 4.39 Å². The van der Waals surface area contributed by atoms with Gasteiger partial charge in [0.1, 0.15) is 11.7 Å². The van der Waals surface area contributed by atoms with Crippen molar-refractivity contribution >= 4 is 28.6 Å². The second kappa shape index (κ2) is 6.86. The van der Waals surface area contributed by atoms with E-state index >= 15 is 0 Å². The van der Waals surface area contributed by atoms with Gasteiger partial charge in [0.05, 0.1) is 13.2 Å². The average Bonchev–Trinajstić information content (AvgIpc) is 2.93. The maximum Gasteiger partial charge on any atom is 0.318 e. The van der Waals surface area contributed by atoms with Gasteiger partial charge in [-0.05, 0) is 24.6 Å². The summed E-state index contributed by atoms with van der Waals surface area (Å²) in [6, 6.07) is 3.96. The zero-order chi connectivity index (χ0) is 16.3. The highest BCUT2D eigenvalue weighted by Crippen LogP contribution is 2.39. The minimum Gasteiger partial charge on any atom is -0.466 e. The molecule has 0 amide bonds. The summed E-state index contributed by atoms with van der Waals surface area (Å²) in [7, 11) is 0. The zero-order valence-corrected chi connectivity index (χ0v) is 14.1. The van der Waals surface area contributed by atoms with Gasteiger partial charge in [0.25, 0.3) is 5.54 Å². The van der Waals surface area contributed by atoms with Gasteiger partial charge in [0.15, 0.2) is 0 Å². The maximum absolute atomic E-state index is 13.7.